The van der Waals surface area contributed by atoms with E-state index in [-0.39, 0.29) is 17.5 Å². The van der Waals surface area contributed by atoms with Crippen molar-refractivity contribution in [3.05, 3.63) is 65.2 Å². The fourth-order valence-electron chi connectivity index (χ4n) is 3.58. The quantitative estimate of drug-likeness (QED) is 0.912. The highest BCUT2D eigenvalue weighted by molar-refractivity contribution is 5.92. The van der Waals surface area contributed by atoms with Crippen LogP contribution in [0, 0.1) is 6.92 Å². The van der Waals surface area contributed by atoms with Crippen molar-refractivity contribution in [2.45, 2.75) is 45.2 Å². The van der Waals surface area contributed by atoms with Crippen molar-refractivity contribution < 1.29 is 4.79 Å². The molecule has 3 nitrogen and oxygen atoms in total. The lowest BCUT2D eigenvalue weighted by Crippen LogP contribution is -2.49. The van der Waals surface area contributed by atoms with Gasteiger partial charge in [-0.3, -0.25) is 9.69 Å². The van der Waals surface area contributed by atoms with Crippen molar-refractivity contribution in [3.63, 3.8) is 0 Å². The fraction of sp³-hybridized carbons (Fsp3) is 0.381. The standard InChI is InChI=1S/C21H26N2O/c1-15-9-5-8-12-18(15)22-20(24)13-19-17-11-7-6-10-16(17)14-21(2,3)23(19)4/h5-12,19H,13-14H2,1-4H3,(H,22,24)/t19-/m0/s1. The van der Waals surface area contributed by atoms with Gasteiger partial charge in [0.05, 0.1) is 0 Å². The van der Waals surface area contributed by atoms with E-state index < -0.39 is 0 Å². The van der Waals surface area contributed by atoms with Gasteiger partial charge in [0.25, 0.3) is 0 Å². The number of nitrogens with zero attached hydrogens (tertiary/aromatic N) is 1. The van der Waals surface area contributed by atoms with Gasteiger partial charge in [0.1, 0.15) is 0 Å². The Kier molecular flexibility index (Phi) is 4.46. The summed E-state index contributed by atoms with van der Waals surface area (Å²) in [5, 5.41) is 3.07. The number of nitrogens with one attached hydrogen (secondary N) is 1. The minimum absolute atomic E-state index is 0.0436. The Balaban J connectivity index is 1.83. The first-order valence-electron chi connectivity index (χ1n) is 8.55. The molecule has 1 amide bonds. The molecule has 0 radical (unpaired) electrons. The zero-order valence-electron chi connectivity index (χ0n) is 15.0. The van der Waals surface area contributed by atoms with Gasteiger partial charge >= 0.3 is 0 Å². The lowest BCUT2D eigenvalue weighted by atomic mass is 9.81. The summed E-state index contributed by atoms with van der Waals surface area (Å²) >= 11 is 0. The summed E-state index contributed by atoms with van der Waals surface area (Å²) in [6, 6.07) is 16.5. The molecule has 0 fully saturated rings. The van der Waals surface area contributed by atoms with Crippen LogP contribution in [0.25, 0.3) is 0 Å². The van der Waals surface area contributed by atoms with E-state index in [9.17, 15) is 4.79 Å². The van der Waals surface area contributed by atoms with E-state index in [0.717, 1.165) is 17.7 Å². The van der Waals surface area contributed by atoms with Crippen molar-refractivity contribution in [1.29, 1.82) is 0 Å². The number of anilines is 1. The second kappa shape index (κ2) is 6.40. The summed E-state index contributed by atoms with van der Waals surface area (Å²) in [6.07, 6.45) is 1.47. The molecule has 1 aliphatic rings. The monoisotopic (exact) mass is 322 g/mol. The number of rotatable bonds is 3. The first-order valence-corrected chi connectivity index (χ1v) is 8.55. The Morgan fingerprint density at radius 2 is 1.83 bits per heavy atom. The van der Waals surface area contributed by atoms with Gasteiger partial charge < -0.3 is 5.32 Å². The topological polar surface area (TPSA) is 32.3 Å². The lowest BCUT2D eigenvalue weighted by Gasteiger charge is -2.46. The lowest BCUT2D eigenvalue weighted by molar-refractivity contribution is -0.118. The molecule has 3 rings (SSSR count). The third-order valence-electron chi connectivity index (χ3n) is 5.26. The Morgan fingerprint density at radius 1 is 1.17 bits per heavy atom. The molecular formula is C21H26N2O. The SMILES string of the molecule is Cc1ccccc1NC(=O)C[C@H]1c2ccccc2CC(C)(C)N1C. The van der Waals surface area contributed by atoms with Crippen LogP contribution in [0.2, 0.25) is 0 Å². The van der Waals surface area contributed by atoms with Crippen LogP contribution in [0.1, 0.15) is 43.0 Å². The van der Waals surface area contributed by atoms with E-state index in [0.29, 0.717) is 6.42 Å². The zero-order chi connectivity index (χ0) is 17.3. The molecule has 0 aliphatic carbocycles. The highest BCUT2D eigenvalue weighted by Crippen LogP contribution is 2.39. The van der Waals surface area contributed by atoms with Crippen molar-refractivity contribution in [1.82, 2.24) is 4.90 Å². The summed E-state index contributed by atoms with van der Waals surface area (Å²) in [7, 11) is 2.13. The number of fused-ring (bicyclic) bond motifs is 1. The number of benzene rings is 2. The largest absolute Gasteiger partial charge is 0.326 e. The van der Waals surface area contributed by atoms with Crippen LogP contribution >= 0.6 is 0 Å². The maximum atomic E-state index is 12.7. The van der Waals surface area contributed by atoms with Gasteiger partial charge in [-0.2, -0.15) is 0 Å². The van der Waals surface area contributed by atoms with Gasteiger partial charge in [-0.25, -0.2) is 0 Å². The van der Waals surface area contributed by atoms with Gasteiger partial charge in [-0.15, -0.1) is 0 Å². The number of para-hydroxylation sites is 1. The van der Waals surface area contributed by atoms with E-state index in [2.05, 4.69) is 55.4 Å². The first kappa shape index (κ1) is 16.7. The van der Waals surface area contributed by atoms with Crippen LogP contribution in [0.3, 0.4) is 0 Å². The van der Waals surface area contributed by atoms with E-state index >= 15 is 0 Å². The fourth-order valence-corrected chi connectivity index (χ4v) is 3.58. The number of carbonyl (C=O) groups excluding carboxylic acids is 1. The summed E-state index contributed by atoms with van der Waals surface area (Å²) in [4.78, 5) is 15.0. The summed E-state index contributed by atoms with van der Waals surface area (Å²) in [5.41, 5.74) is 4.66. The number of likely N-dealkylation sites (N-methyl/N-ethyl adjacent to an activating group) is 1. The average Bonchev–Trinajstić information content (AvgIpc) is 2.54. The highest BCUT2D eigenvalue weighted by Gasteiger charge is 2.37. The van der Waals surface area contributed by atoms with Gasteiger partial charge in [0.15, 0.2) is 0 Å². The summed E-state index contributed by atoms with van der Waals surface area (Å²) in [5.74, 6) is 0.0636. The predicted octanol–water partition coefficient (Wildman–Crippen LogP) is 4.33. The summed E-state index contributed by atoms with van der Waals surface area (Å²) < 4.78 is 0. The molecule has 2 aromatic rings. The number of aryl methyl sites for hydroxylation is 1. The molecule has 1 atom stereocenters. The minimum atomic E-state index is 0.0436. The van der Waals surface area contributed by atoms with Crippen LogP contribution in [0.5, 0.6) is 0 Å². The molecular weight excluding hydrogens is 296 g/mol. The first-order chi connectivity index (χ1) is 11.4. The van der Waals surface area contributed by atoms with Crippen molar-refractivity contribution in [3.8, 4) is 0 Å². The summed E-state index contributed by atoms with van der Waals surface area (Å²) in [6.45, 7) is 6.51. The zero-order valence-corrected chi connectivity index (χ0v) is 15.0. The number of carbonyl (C=O) groups is 1. The smallest absolute Gasteiger partial charge is 0.226 e. The molecule has 3 heteroatoms. The Hall–Kier alpha value is -2.13. The molecule has 1 aliphatic heterocycles. The molecule has 126 valence electrons. The molecule has 2 aromatic carbocycles. The average molecular weight is 322 g/mol. The van der Waals surface area contributed by atoms with Crippen LogP contribution in [0.15, 0.2) is 48.5 Å². The maximum absolute atomic E-state index is 12.7. The van der Waals surface area contributed by atoms with Crippen molar-refractivity contribution in [2.75, 3.05) is 12.4 Å². The Morgan fingerprint density at radius 3 is 2.58 bits per heavy atom. The van der Waals surface area contributed by atoms with Crippen molar-refractivity contribution >= 4 is 11.6 Å². The number of hydrogen-bond donors (Lipinski definition) is 1. The van der Waals surface area contributed by atoms with Gasteiger partial charge in [-0.05, 0) is 57.0 Å². The second-order valence-corrected chi connectivity index (χ2v) is 7.38. The molecule has 0 spiro atoms. The van der Waals surface area contributed by atoms with Gasteiger partial charge in [0.2, 0.25) is 5.91 Å². The van der Waals surface area contributed by atoms with Gasteiger partial charge in [0, 0.05) is 23.7 Å². The normalized spacial score (nSPS) is 19.6. The van der Waals surface area contributed by atoms with E-state index in [4.69, 9.17) is 0 Å². The maximum Gasteiger partial charge on any atom is 0.226 e. The highest BCUT2D eigenvalue weighted by atomic mass is 16.1. The van der Waals surface area contributed by atoms with Crippen molar-refractivity contribution in [2.24, 2.45) is 0 Å². The molecule has 0 bridgehead atoms. The predicted molar refractivity (Wildman–Crippen MR) is 99.2 cm³/mol. The van der Waals surface area contributed by atoms with Crippen LogP contribution in [-0.2, 0) is 11.2 Å². The molecule has 24 heavy (non-hydrogen) atoms. The molecule has 0 saturated carbocycles. The Labute approximate surface area is 144 Å². The third-order valence-corrected chi connectivity index (χ3v) is 5.26. The number of amides is 1. The Bertz CT molecular complexity index is 751. The van der Waals surface area contributed by atoms with Gasteiger partial charge in [-0.1, -0.05) is 42.5 Å². The van der Waals surface area contributed by atoms with Crippen LogP contribution in [0.4, 0.5) is 5.69 Å². The third kappa shape index (κ3) is 3.22. The molecule has 0 saturated heterocycles. The van der Waals surface area contributed by atoms with Crippen LogP contribution in [-0.4, -0.2) is 23.4 Å². The molecule has 1 heterocycles. The molecule has 1 N–H and O–H groups in total. The van der Waals surface area contributed by atoms with E-state index in [1.165, 1.54) is 11.1 Å². The van der Waals surface area contributed by atoms with Crippen LogP contribution < -0.4 is 5.32 Å². The van der Waals surface area contributed by atoms with E-state index in [1.807, 2.05) is 31.2 Å². The molecule has 0 aromatic heterocycles. The number of hydrogen-bond acceptors (Lipinski definition) is 2. The van der Waals surface area contributed by atoms with E-state index in [1.54, 1.807) is 0 Å². The second-order valence-electron chi connectivity index (χ2n) is 7.38. The minimum Gasteiger partial charge on any atom is -0.326 e. The molecule has 0 unspecified atom stereocenters.